The third-order valence-electron chi connectivity index (χ3n) is 6.55. The molecule has 0 aliphatic carbocycles. The topological polar surface area (TPSA) is 60.0 Å². The van der Waals surface area contributed by atoms with E-state index in [2.05, 4.69) is 60.6 Å². The highest BCUT2D eigenvalue weighted by Gasteiger charge is 2.30. The normalized spacial score (nSPS) is 20.2. The minimum atomic E-state index is 0. The average Bonchev–Trinajstić information content (AvgIpc) is 3.15. The molecular formula is C25H42IN5O. The van der Waals surface area contributed by atoms with Crippen molar-refractivity contribution in [3.63, 3.8) is 0 Å². The number of hydrogen-bond acceptors (Lipinski definition) is 3. The number of nitrogens with zero attached hydrogens (tertiary/aromatic N) is 3. The summed E-state index contributed by atoms with van der Waals surface area (Å²) in [6.07, 6.45) is 5.48. The van der Waals surface area contributed by atoms with Gasteiger partial charge in [-0.25, -0.2) is 0 Å². The van der Waals surface area contributed by atoms with Gasteiger partial charge in [-0.1, -0.05) is 36.8 Å². The van der Waals surface area contributed by atoms with E-state index in [1.165, 1.54) is 37.9 Å². The lowest BCUT2D eigenvalue weighted by Crippen LogP contribution is -2.49. The Bertz CT molecular complexity index is 718. The highest BCUT2D eigenvalue weighted by molar-refractivity contribution is 14.0. The molecular weight excluding hydrogens is 513 g/mol. The number of carbonyl (C=O) groups is 1. The molecule has 7 heteroatoms. The van der Waals surface area contributed by atoms with Crippen LogP contribution in [0.25, 0.3) is 0 Å². The number of benzene rings is 1. The van der Waals surface area contributed by atoms with Gasteiger partial charge < -0.3 is 15.5 Å². The van der Waals surface area contributed by atoms with E-state index >= 15 is 0 Å². The van der Waals surface area contributed by atoms with E-state index in [-0.39, 0.29) is 35.4 Å². The van der Waals surface area contributed by atoms with Gasteiger partial charge in [0.1, 0.15) is 0 Å². The molecule has 180 valence electrons. The van der Waals surface area contributed by atoms with E-state index in [1.807, 2.05) is 11.0 Å². The van der Waals surface area contributed by atoms with Gasteiger partial charge >= 0.3 is 0 Å². The highest BCUT2D eigenvalue weighted by atomic mass is 127. The summed E-state index contributed by atoms with van der Waals surface area (Å²) in [6, 6.07) is 10.4. The van der Waals surface area contributed by atoms with Crippen molar-refractivity contribution in [3.8, 4) is 0 Å². The first kappa shape index (κ1) is 26.9. The maximum atomic E-state index is 12.5. The minimum absolute atomic E-state index is 0. The molecule has 6 nitrogen and oxygen atoms in total. The van der Waals surface area contributed by atoms with E-state index in [1.54, 1.807) is 0 Å². The fourth-order valence-corrected chi connectivity index (χ4v) is 4.57. The number of amides is 1. The molecule has 0 radical (unpaired) electrons. The second-order valence-corrected chi connectivity index (χ2v) is 9.58. The molecule has 1 unspecified atom stereocenters. The molecule has 0 bridgehead atoms. The van der Waals surface area contributed by atoms with E-state index in [9.17, 15) is 4.79 Å². The van der Waals surface area contributed by atoms with E-state index < -0.39 is 0 Å². The number of aliphatic imine (C=N–C) groups is 1. The molecule has 0 spiro atoms. The summed E-state index contributed by atoms with van der Waals surface area (Å²) in [4.78, 5) is 21.9. The Kier molecular flexibility index (Phi) is 11.2. The second-order valence-electron chi connectivity index (χ2n) is 9.58. The third kappa shape index (κ3) is 8.21. The van der Waals surface area contributed by atoms with Crippen LogP contribution >= 0.6 is 24.0 Å². The quantitative estimate of drug-likeness (QED) is 0.278. The number of nitrogens with one attached hydrogen (secondary N) is 2. The van der Waals surface area contributed by atoms with Crippen LogP contribution in [0, 0.1) is 5.92 Å². The monoisotopic (exact) mass is 555 g/mol. The van der Waals surface area contributed by atoms with Crippen LogP contribution in [0.15, 0.2) is 35.3 Å². The first-order chi connectivity index (χ1) is 15.0. The maximum Gasteiger partial charge on any atom is 0.223 e. The predicted octanol–water partition coefficient (Wildman–Crippen LogP) is 3.52. The lowest BCUT2D eigenvalue weighted by atomic mass is 9.99. The molecule has 2 N–H and O–H groups in total. The van der Waals surface area contributed by atoms with Crippen molar-refractivity contribution in [2.24, 2.45) is 10.9 Å². The Morgan fingerprint density at radius 3 is 2.53 bits per heavy atom. The van der Waals surface area contributed by atoms with Crippen molar-refractivity contribution in [1.82, 2.24) is 20.4 Å². The Morgan fingerprint density at radius 1 is 1.12 bits per heavy atom. The van der Waals surface area contributed by atoms with Gasteiger partial charge in [-0.05, 0) is 58.7 Å². The van der Waals surface area contributed by atoms with E-state index in [0.29, 0.717) is 12.3 Å². The zero-order valence-electron chi connectivity index (χ0n) is 20.1. The molecule has 32 heavy (non-hydrogen) atoms. The van der Waals surface area contributed by atoms with Crippen LogP contribution in [0.4, 0.5) is 0 Å². The standard InChI is InChI=1S/C25H41N5O.HI/c1-4-26-24(28-20-25(2,3)30-14-9-6-10-15-30)27-18-22-17-23(31)29(19-22)16-13-21-11-7-5-8-12-21;/h5,7-8,11-12,22H,4,6,9-10,13-20H2,1-3H3,(H2,26,27,28);1H. The van der Waals surface area contributed by atoms with Gasteiger partial charge in [-0.3, -0.25) is 14.7 Å². The van der Waals surface area contributed by atoms with Crippen molar-refractivity contribution in [3.05, 3.63) is 35.9 Å². The number of piperidine rings is 1. The number of hydrogen-bond donors (Lipinski definition) is 2. The van der Waals surface area contributed by atoms with Crippen LogP contribution in [0.5, 0.6) is 0 Å². The van der Waals surface area contributed by atoms with Crippen LogP contribution in [-0.2, 0) is 11.2 Å². The fourth-order valence-electron chi connectivity index (χ4n) is 4.57. The molecule has 1 aromatic rings. The summed E-state index contributed by atoms with van der Waals surface area (Å²) in [5.41, 5.74) is 1.36. The average molecular weight is 556 g/mol. The summed E-state index contributed by atoms with van der Waals surface area (Å²) in [5.74, 6) is 1.47. The summed E-state index contributed by atoms with van der Waals surface area (Å²) < 4.78 is 0. The second kappa shape index (κ2) is 13.4. The van der Waals surface area contributed by atoms with E-state index in [4.69, 9.17) is 4.99 Å². The van der Waals surface area contributed by atoms with Gasteiger partial charge in [0.2, 0.25) is 5.91 Å². The predicted molar refractivity (Wildman–Crippen MR) is 144 cm³/mol. The molecule has 2 fully saturated rings. The SMILES string of the molecule is CCNC(=NCC(C)(C)N1CCCCC1)NCC1CC(=O)N(CCc2ccccc2)C1.I. The van der Waals surface area contributed by atoms with Crippen LogP contribution in [0.1, 0.15) is 52.0 Å². The Labute approximate surface area is 211 Å². The molecule has 2 saturated heterocycles. The summed E-state index contributed by atoms with van der Waals surface area (Å²) in [7, 11) is 0. The number of likely N-dealkylation sites (tertiary alicyclic amines) is 2. The Hall–Kier alpha value is -1.35. The molecule has 0 aromatic heterocycles. The third-order valence-corrected chi connectivity index (χ3v) is 6.55. The largest absolute Gasteiger partial charge is 0.357 e. The minimum Gasteiger partial charge on any atom is -0.357 e. The number of guanidine groups is 1. The fraction of sp³-hybridized carbons (Fsp3) is 0.680. The number of rotatable bonds is 9. The van der Waals surface area contributed by atoms with Gasteiger partial charge in [0.15, 0.2) is 5.96 Å². The summed E-state index contributed by atoms with van der Waals surface area (Å²) >= 11 is 0. The van der Waals surface area contributed by atoms with Crippen molar-refractivity contribution in [2.45, 2.75) is 58.4 Å². The smallest absolute Gasteiger partial charge is 0.223 e. The molecule has 2 aliphatic rings. The summed E-state index contributed by atoms with van der Waals surface area (Å²) in [5, 5.41) is 6.87. The lowest BCUT2D eigenvalue weighted by molar-refractivity contribution is -0.127. The zero-order valence-corrected chi connectivity index (χ0v) is 22.4. The van der Waals surface area contributed by atoms with Crippen molar-refractivity contribution >= 4 is 35.8 Å². The molecule has 1 aromatic carbocycles. The molecule has 1 atom stereocenters. The van der Waals surface area contributed by atoms with Gasteiger partial charge in [0, 0.05) is 44.1 Å². The highest BCUT2D eigenvalue weighted by Crippen LogP contribution is 2.21. The van der Waals surface area contributed by atoms with Gasteiger partial charge in [0.05, 0.1) is 6.54 Å². The molecule has 1 amide bonds. The van der Waals surface area contributed by atoms with Gasteiger partial charge in [-0.2, -0.15) is 0 Å². The van der Waals surface area contributed by atoms with Gasteiger partial charge in [-0.15, -0.1) is 24.0 Å². The van der Waals surface area contributed by atoms with Crippen LogP contribution in [0.2, 0.25) is 0 Å². The Balaban J connectivity index is 0.00000363. The van der Waals surface area contributed by atoms with Crippen LogP contribution in [0.3, 0.4) is 0 Å². The van der Waals surface area contributed by atoms with Crippen LogP contribution in [-0.4, -0.2) is 73.0 Å². The molecule has 2 heterocycles. The number of carbonyl (C=O) groups excluding carboxylic acids is 1. The van der Waals surface area contributed by atoms with Crippen molar-refractivity contribution < 1.29 is 4.79 Å². The van der Waals surface area contributed by atoms with Crippen LogP contribution < -0.4 is 10.6 Å². The summed E-state index contributed by atoms with van der Waals surface area (Å²) in [6.45, 7) is 13.1. The van der Waals surface area contributed by atoms with Crippen molar-refractivity contribution in [2.75, 3.05) is 45.8 Å². The van der Waals surface area contributed by atoms with Gasteiger partial charge in [0.25, 0.3) is 0 Å². The first-order valence-electron chi connectivity index (χ1n) is 12.1. The zero-order chi connectivity index (χ0) is 22.1. The first-order valence-corrected chi connectivity index (χ1v) is 12.1. The Morgan fingerprint density at radius 2 is 1.84 bits per heavy atom. The lowest BCUT2D eigenvalue weighted by Gasteiger charge is -2.40. The van der Waals surface area contributed by atoms with E-state index in [0.717, 1.165) is 45.1 Å². The van der Waals surface area contributed by atoms with Crippen molar-refractivity contribution in [1.29, 1.82) is 0 Å². The molecule has 3 rings (SSSR count). The number of halogens is 1. The maximum absolute atomic E-state index is 12.5. The molecule has 2 aliphatic heterocycles. The molecule has 0 saturated carbocycles.